The Hall–Kier alpha value is -2.88. The molecule has 1 saturated heterocycles. The molecular weight excluding hydrogens is 272 g/mol. The summed E-state index contributed by atoms with van der Waals surface area (Å²) in [5.74, 6) is -0.814. The van der Waals surface area contributed by atoms with E-state index in [1.807, 2.05) is 6.07 Å². The number of imidazole rings is 1. The van der Waals surface area contributed by atoms with Crippen molar-refractivity contribution < 1.29 is 9.59 Å². The molecule has 7 heteroatoms. The molecule has 0 saturated carbocycles. The van der Waals surface area contributed by atoms with Crippen molar-refractivity contribution in [2.45, 2.75) is 18.9 Å². The lowest BCUT2D eigenvalue weighted by atomic mass is 10.1. The lowest BCUT2D eigenvalue weighted by Crippen LogP contribution is -2.44. The SMILES string of the molecule is Cn1c(=O)n(C2CCC(=O)NC2=O)c2cccc(C#N)c21. The highest BCUT2D eigenvalue weighted by Crippen LogP contribution is 2.24. The van der Waals surface area contributed by atoms with Crippen LogP contribution in [0.15, 0.2) is 23.0 Å². The highest BCUT2D eigenvalue weighted by molar-refractivity contribution is 6.00. The van der Waals surface area contributed by atoms with E-state index < -0.39 is 11.9 Å². The van der Waals surface area contributed by atoms with Gasteiger partial charge in [-0.15, -0.1) is 0 Å². The highest BCUT2D eigenvalue weighted by Gasteiger charge is 2.31. The smallest absolute Gasteiger partial charge is 0.295 e. The molecule has 2 amide bonds. The summed E-state index contributed by atoms with van der Waals surface area (Å²) < 4.78 is 2.72. The third kappa shape index (κ3) is 1.84. The molecule has 1 aromatic carbocycles. The van der Waals surface area contributed by atoms with Crippen molar-refractivity contribution in [3.8, 4) is 6.07 Å². The van der Waals surface area contributed by atoms with Crippen LogP contribution in [0, 0.1) is 11.3 Å². The number of nitrogens with zero attached hydrogens (tertiary/aromatic N) is 3. The Labute approximate surface area is 119 Å². The number of hydrogen-bond donors (Lipinski definition) is 1. The topological polar surface area (TPSA) is 96.9 Å². The molecule has 106 valence electrons. The third-order valence-electron chi connectivity index (χ3n) is 3.74. The molecule has 0 bridgehead atoms. The zero-order valence-corrected chi connectivity index (χ0v) is 11.3. The van der Waals surface area contributed by atoms with Gasteiger partial charge in [0.25, 0.3) is 0 Å². The number of fused-ring (bicyclic) bond motifs is 1. The molecule has 2 heterocycles. The van der Waals surface area contributed by atoms with E-state index in [-0.39, 0.29) is 24.4 Å². The van der Waals surface area contributed by atoms with E-state index in [4.69, 9.17) is 5.26 Å². The maximum absolute atomic E-state index is 12.4. The summed E-state index contributed by atoms with van der Waals surface area (Å²) in [6.45, 7) is 0. The minimum Gasteiger partial charge on any atom is -0.295 e. The molecule has 0 aliphatic carbocycles. The number of benzene rings is 1. The fourth-order valence-electron chi connectivity index (χ4n) is 2.76. The molecule has 0 spiro atoms. The fourth-order valence-corrected chi connectivity index (χ4v) is 2.76. The average molecular weight is 284 g/mol. The summed E-state index contributed by atoms with van der Waals surface area (Å²) in [6, 6.07) is 6.30. The van der Waals surface area contributed by atoms with Crippen molar-refractivity contribution in [3.05, 3.63) is 34.2 Å². The van der Waals surface area contributed by atoms with E-state index >= 15 is 0 Å². The highest BCUT2D eigenvalue weighted by atomic mass is 16.2. The lowest BCUT2D eigenvalue weighted by Gasteiger charge is -2.21. The van der Waals surface area contributed by atoms with Gasteiger partial charge in [-0.2, -0.15) is 5.26 Å². The van der Waals surface area contributed by atoms with Crippen molar-refractivity contribution in [2.75, 3.05) is 0 Å². The second-order valence-electron chi connectivity index (χ2n) is 4.96. The average Bonchev–Trinajstić information content (AvgIpc) is 2.72. The predicted molar refractivity (Wildman–Crippen MR) is 73.3 cm³/mol. The number of rotatable bonds is 1. The molecule has 1 N–H and O–H groups in total. The van der Waals surface area contributed by atoms with Crippen molar-refractivity contribution in [1.82, 2.24) is 14.5 Å². The van der Waals surface area contributed by atoms with Crippen LogP contribution in [0.1, 0.15) is 24.4 Å². The van der Waals surface area contributed by atoms with Crippen LogP contribution in [-0.2, 0) is 16.6 Å². The van der Waals surface area contributed by atoms with Gasteiger partial charge in [0, 0.05) is 13.5 Å². The molecule has 1 aromatic heterocycles. The van der Waals surface area contributed by atoms with Crippen molar-refractivity contribution >= 4 is 22.8 Å². The number of carbonyl (C=O) groups is 2. The number of carbonyl (C=O) groups excluding carboxylic acids is 2. The summed E-state index contributed by atoms with van der Waals surface area (Å²) >= 11 is 0. The van der Waals surface area contributed by atoms with Gasteiger partial charge in [0.2, 0.25) is 11.8 Å². The van der Waals surface area contributed by atoms with Crippen LogP contribution in [0.2, 0.25) is 0 Å². The van der Waals surface area contributed by atoms with Crippen LogP contribution < -0.4 is 11.0 Å². The molecule has 1 unspecified atom stereocenters. The summed E-state index contributed by atoms with van der Waals surface area (Å²) in [4.78, 5) is 35.7. The van der Waals surface area contributed by atoms with Gasteiger partial charge >= 0.3 is 5.69 Å². The molecule has 7 nitrogen and oxygen atoms in total. The quantitative estimate of drug-likeness (QED) is 0.756. The van der Waals surface area contributed by atoms with Crippen LogP contribution in [0.3, 0.4) is 0 Å². The van der Waals surface area contributed by atoms with Gasteiger partial charge in [-0.25, -0.2) is 4.79 Å². The van der Waals surface area contributed by atoms with E-state index in [0.717, 1.165) is 0 Å². The zero-order valence-electron chi connectivity index (χ0n) is 11.3. The Morgan fingerprint density at radius 2 is 2.10 bits per heavy atom. The number of amides is 2. The minimum absolute atomic E-state index is 0.192. The number of nitrogens with one attached hydrogen (secondary N) is 1. The lowest BCUT2D eigenvalue weighted by molar-refractivity contribution is -0.135. The third-order valence-corrected chi connectivity index (χ3v) is 3.74. The summed E-state index contributed by atoms with van der Waals surface area (Å²) in [5, 5.41) is 11.4. The van der Waals surface area contributed by atoms with Gasteiger partial charge in [0.1, 0.15) is 12.1 Å². The van der Waals surface area contributed by atoms with E-state index in [2.05, 4.69) is 5.32 Å². The molecule has 2 aromatic rings. The van der Waals surface area contributed by atoms with Crippen LogP contribution in [0.5, 0.6) is 0 Å². The summed E-state index contributed by atoms with van der Waals surface area (Å²) in [6.07, 6.45) is 0.470. The Morgan fingerprint density at radius 3 is 2.76 bits per heavy atom. The van der Waals surface area contributed by atoms with Gasteiger partial charge in [0.15, 0.2) is 0 Å². The monoisotopic (exact) mass is 284 g/mol. The largest absolute Gasteiger partial charge is 0.329 e. The van der Waals surface area contributed by atoms with Crippen molar-refractivity contribution in [1.29, 1.82) is 5.26 Å². The Balaban J connectivity index is 2.27. The Kier molecular flexibility index (Phi) is 2.87. The van der Waals surface area contributed by atoms with Gasteiger partial charge in [-0.3, -0.25) is 24.0 Å². The molecule has 1 fully saturated rings. The van der Waals surface area contributed by atoms with E-state index in [1.54, 1.807) is 25.2 Å². The fraction of sp³-hybridized carbons (Fsp3) is 0.286. The minimum atomic E-state index is -0.729. The van der Waals surface area contributed by atoms with Gasteiger partial charge in [-0.1, -0.05) is 6.07 Å². The molecule has 1 aliphatic rings. The van der Waals surface area contributed by atoms with Crippen molar-refractivity contribution in [2.24, 2.45) is 7.05 Å². The first-order valence-corrected chi connectivity index (χ1v) is 6.48. The first-order chi connectivity index (χ1) is 10.0. The first-order valence-electron chi connectivity index (χ1n) is 6.48. The molecule has 0 radical (unpaired) electrons. The Bertz CT molecular complexity index is 869. The predicted octanol–water partition coefficient (Wildman–Crippen LogP) is 0.189. The molecular formula is C14H12N4O3. The molecule has 21 heavy (non-hydrogen) atoms. The summed E-state index contributed by atoms with van der Waals surface area (Å²) in [7, 11) is 1.56. The number of imide groups is 1. The Morgan fingerprint density at radius 1 is 1.33 bits per heavy atom. The van der Waals surface area contributed by atoms with Gasteiger partial charge in [-0.05, 0) is 18.6 Å². The molecule has 1 aliphatic heterocycles. The number of aromatic nitrogens is 2. The van der Waals surface area contributed by atoms with Gasteiger partial charge < -0.3 is 0 Å². The van der Waals surface area contributed by atoms with E-state index in [9.17, 15) is 14.4 Å². The van der Waals surface area contributed by atoms with Crippen LogP contribution >= 0.6 is 0 Å². The van der Waals surface area contributed by atoms with E-state index in [0.29, 0.717) is 16.6 Å². The van der Waals surface area contributed by atoms with Crippen LogP contribution in [0.4, 0.5) is 0 Å². The van der Waals surface area contributed by atoms with E-state index in [1.165, 1.54) is 9.13 Å². The maximum Gasteiger partial charge on any atom is 0.329 e. The number of piperidine rings is 1. The number of para-hydroxylation sites is 1. The maximum atomic E-state index is 12.4. The van der Waals surface area contributed by atoms with Crippen LogP contribution in [-0.4, -0.2) is 20.9 Å². The van der Waals surface area contributed by atoms with Gasteiger partial charge in [0.05, 0.1) is 16.6 Å². The molecule has 3 rings (SSSR count). The van der Waals surface area contributed by atoms with Crippen LogP contribution in [0.25, 0.3) is 11.0 Å². The number of aryl methyl sites for hydroxylation is 1. The van der Waals surface area contributed by atoms with Crippen molar-refractivity contribution in [3.63, 3.8) is 0 Å². The zero-order chi connectivity index (χ0) is 15.1. The number of nitriles is 1. The summed E-state index contributed by atoms with van der Waals surface area (Å²) in [5.41, 5.74) is 1.02. The first kappa shape index (κ1) is 13.1. The number of hydrogen-bond acceptors (Lipinski definition) is 4. The normalized spacial score (nSPS) is 18.6. The molecule has 1 atom stereocenters. The standard InChI is InChI=1S/C14H12N4O3/c1-17-12-8(7-15)3-2-4-9(12)18(14(17)21)10-5-6-11(19)16-13(10)20/h2-4,10H,5-6H2,1H3,(H,16,19,20). The second-order valence-corrected chi connectivity index (χ2v) is 4.96. The second kappa shape index (κ2) is 4.59.